The Bertz CT molecular complexity index is 867. The van der Waals surface area contributed by atoms with Crippen molar-refractivity contribution in [2.24, 2.45) is 0 Å². The molecule has 2 N–H and O–H groups in total. The zero-order valence-corrected chi connectivity index (χ0v) is 16.9. The summed E-state index contributed by atoms with van der Waals surface area (Å²) in [5, 5.41) is 12.6. The molecule has 0 amide bonds. The fourth-order valence-electron chi connectivity index (χ4n) is 2.53. The molecule has 0 fully saturated rings. The monoisotopic (exact) mass is 405 g/mol. The molecule has 1 unspecified atom stereocenters. The van der Waals surface area contributed by atoms with E-state index < -0.39 is 5.82 Å². The second-order valence-corrected chi connectivity index (χ2v) is 6.72. The van der Waals surface area contributed by atoms with Crippen molar-refractivity contribution < 1.29 is 9.13 Å². The summed E-state index contributed by atoms with van der Waals surface area (Å²) in [7, 11) is 1.59. The van der Waals surface area contributed by atoms with Crippen LogP contribution in [-0.4, -0.2) is 7.11 Å². The highest BCUT2D eigenvalue weighted by Gasteiger charge is 2.22. The lowest BCUT2D eigenvalue weighted by Crippen LogP contribution is -2.10. The highest BCUT2D eigenvalue weighted by atomic mass is 35.5. The van der Waals surface area contributed by atoms with Gasteiger partial charge in [0.2, 0.25) is 0 Å². The summed E-state index contributed by atoms with van der Waals surface area (Å²) in [6.45, 7) is 4.00. The quantitative estimate of drug-likeness (QED) is 0.595. The lowest BCUT2D eigenvalue weighted by atomic mass is 10.1. The molecule has 0 spiro atoms. The van der Waals surface area contributed by atoms with Crippen LogP contribution in [0.4, 0.5) is 10.1 Å². The highest BCUT2D eigenvalue weighted by Crippen LogP contribution is 2.39. The molecule has 142 valence electrons. The van der Waals surface area contributed by atoms with Crippen LogP contribution in [0.3, 0.4) is 0 Å². The van der Waals surface area contributed by atoms with E-state index in [0.717, 1.165) is 16.9 Å². The van der Waals surface area contributed by atoms with Crippen LogP contribution in [0.25, 0.3) is 0 Å². The third-order valence-corrected chi connectivity index (χ3v) is 5.10. The molecule has 0 aromatic heterocycles. The van der Waals surface area contributed by atoms with Gasteiger partial charge in [-0.2, -0.15) is 5.26 Å². The molecule has 0 bridgehead atoms. The number of ether oxygens (including phenoxy) is 1. The summed E-state index contributed by atoms with van der Waals surface area (Å²) in [6, 6.07) is 12.0. The Kier molecular flexibility index (Phi) is 7.83. The van der Waals surface area contributed by atoms with Gasteiger partial charge in [0, 0.05) is 17.5 Å². The van der Waals surface area contributed by atoms with Crippen LogP contribution in [0.5, 0.6) is 5.75 Å². The number of benzene rings is 2. The Balaban J connectivity index is 0.00000126. The van der Waals surface area contributed by atoms with E-state index in [1.54, 1.807) is 19.2 Å². The molecule has 3 rings (SSSR count). The molecule has 0 aliphatic carbocycles. The number of nitrogens with zero attached hydrogens (tertiary/aromatic N) is 1. The predicted molar refractivity (Wildman–Crippen MR) is 110 cm³/mol. The van der Waals surface area contributed by atoms with Crippen LogP contribution in [0.2, 0.25) is 5.02 Å². The van der Waals surface area contributed by atoms with Crippen molar-refractivity contribution in [2.75, 3.05) is 11.8 Å². The minimum Gasteiger partial charge on any atom is -0.495 e. The van der Waals surface area contributed by atoms with Gasteiger partial charge in [-0.15, -0.1) is 0 Å². The smallest absolute Gasteiger partial charge is 0.148 e. The molecule has 0 saturated heterocycles. The Morgan fingerprint density at radius 3 is 2.78 bits per heavy atom. The molecule has 1 aliphatic rings. The van der Waals surface area contributed by atoms with E-state index in [9.17, 15) is 4.39 Å². The van der Waals surface area contributed by atoms with Gasteiger partial charge in [0.15, 0.2) is 0 Å². The number of hydrogen-bond donors (Lipinski definition) is 2. The van der Waals surface area contributed by atoms with Crippen LogP contribution in [0, 0.1) is 17.1 Å². The van der Waals surface area contributed by atoms with Crippen LogP contribution < -0.4 is 14.8 Å². The molecule has 1 heterocycles. The van der Waals surface area contributed by atoms with Crippen molar-refractivity contribution in [1.29, 1.82) is 5.26 Å². The topological polar surface area (TPSA) is 57.1 Å². The van der Waals surface area contributed by atoms with Gasteiger partial charge in [0.1, 0.15) is 11.6 Å². The van der Waals surface area contributed by atoms with Crippen LogP contribution in [-0.2, 0) is 0 Å². The summed E-state index contributed by atoms with van der Waals surface area (Å²) < 4.78 is 22.1. The van der Waals surface area contributed by atoms with E-state index in [1.165, 1.54) is 18.0 Å². The molecule has 2 aromatic carbocycles. The Morgan fingerprint density at radius 2 is 2.11 bits per heavy atom. The summed E-state index contributed by atoms with van der Waals surface area (Å²) in [4.78, 5) is 1.02. The van der Waals surface area contributed by atoms with Gasteiger partial charge in [-0.3, -0.25) is 0 Å². The average molecular weight is 406 g/mol. The number of anilines is 1. The minimum absolute atomic E-state index is 0.0395. The van der Waals surface area contributed by atoms with Crippen LogP contribution in [0.1, 0.15) is 37.4 Å². The summed E-state index contributed by atoms with van der Waals surface area (Å²) >= 11 is 7.70. The molecular weight excluding hydrogens is 385 g/mol. The lowest BCUT2D eigenvalue weighted by Gasteiger charge is -2.15. The van der Waals surface area contributed by atoms with Crippen molar-refractivity contribution in [3.63, 3.8) is 0 Å². The first kappa shape index (κ1) is 20.9. The molecule has 27 heavy (non-hydrogen) atoms. The highest BCUT2D eigenvalue weighted by molar-refractivity contribution is 8.04. The number of nitrogens with one attached hydrogen (secondary N) is 2. The van der Waals surface area contributed by atoms with Gasteiger partial charge in [-0.05, 0) is 41.8 Å². The van der Waals surface area contributed by atoms with E-state index in [4.69, 9.17) is 21.6 Å². The third-order valence-electron chi connectivity index (χ3n) is 3.83. The standard InChI is InChI=1S/C18H15ClFN3OS.C2H6/c1-24-17-4-2-3-13(18(17)19)16-8-12(10-22-16)25-23-15-6-5-11(9-21)7-14(15)20;1-2/h2-7,10,16,22-23H,8H2,1H3;1-2H3. The van der Waals surface area contributed by atoms with E-state index in [2.05, 4.69) is 10.0 Å². The summed E-state index contributed by atoms with van der Waals surface area (Å²) in [6.07, 6.45) is 2.61. The molecule has 7 heteroatoms. The SMILES string of the molecule is CC.COc1cccc(C2CC(SNc3ccc(C#N)cc3F)=CN2)c1Cl. The van der Waals surface area contributed by atoms with Gasteiger partial charge in [0.05, 0.1) is 35.5 Å². The Morgan fingerprint density at radius 1 is 1.33 bits per heavy atom. The second kappa shape index (κ2) is 10.1. The van der Waals surface area contributed by atoms with E-state index >= 15 is 0 Å². The first-order valence-electron chi connectivity index (χ1n) is 8.52. The number of methoxy groups -OCH3 is 1. The van der Waals surface area contributed by atoms with Crippen molar-refractivity contribution >= 4 is 29.2 Å². The number of rotatable bonds is 5. The van der Waals surface area contributed by atoms with Gasteiger partial charge in [0.25, 0.3) is 0 Å². The largest absolute Gasteiger partial charge is 0.495 e. The molecule has 1 atom stereocenters. The van der Waals surface area contributed by atoms with Crippen LogP contribution >= 0.6 is 23.5 Å². The average Bonchev–Trinajstić information content (AvgIpc) is 3.17. The molecule has 4 nitrogen and oxygen atoms in total. The minimum atomic E-state index is -0.453. The first-order valence-corrected chi connectivity index (χ1v) is 9.72. The van der Waals surface area contributed by atoms with Crippen LogP contribution in [0.15, 0.2) is 47.5 Å². The maximum Gasteiger partial charge on any atom is 0.148 e. The van der Waals surface area contributed by atoms with Crippen molar-refractivity contribution in [1.82, 2.24) is 5.32 Å². The normalized spacial score (nSPS) is 15.0. The van der Waals surface area contributed by atoms with E-state index in [1.807, 2.05) is 44.3 Å². The predicted octanol–water partition coefficient (Wildman–Crippen LogP) is 6.02. The van der Waals surface area contributed by atoms with Crippen molar-refractivity contribution in [3.05, 3.63) is 69.5 Å². The van der Waals surface area contributed by atoms with Gasteiger partial charge >= 0.3 is 0 Å². The maximum atomic E-state index is 13.9. The Labute approximate surface area is 168 Å². The molecule has 2 aromatic rings. The number of hydrogen-bond acceptors (Lipinski definition) is 5. The number of halogens is 2. The van der Waals surface area contributed by atoms with Gasteiger partial charge in [-0.25, -0.2) is 4.39 Å². The Hall–Kier alpha value is -2.36. The van der Waals surface area contributed by atoms with Crippen molar-refractivity contribution in [3.8, 4) is 11.8 Å². The molecule has 1 aliphatic heterocycles. The zero-order chi connectivity index (χ0) is 19.8. The third kappa shape index (κ3) is 5.09. The summed E-state index contributed by atoms with van der Waals surface area (Å²) in [5.41, 5.74) is 1.59. The summed E-state index contributed by atoms with van der Waals surface area (Å²) in [5.74, 6) is 0.186. The number of nitriles is 1. The lowest BCUT2D eigenvalue weighted by molar-refractivity contribution is 0.414. The van der Waals surface area contributed by atoms with Gasteiger partial charge < -0.3 is 14.8 Å². The first-order chi connectivity index (χ1) is 13.1. The second-order valence-electron chi connectivity index (χ2n) is 5.41. The van der Waals surface area contributed by atoms with Gasteiger partial charge in [-0.1, -0.05) is 37.6 Å². The fourth-order valence-corrected chi connectivity index (χ4v) is 3.64. The molecular formula is C20H21ClFN3OS. The van der Waals surface area contributed by atoms with Crippen molar-refractivity contribution in [2.45, 2.75) is 26.3 Å². The fraction of sp³-hybridized carbons (Fsp3) is 0.250. The molecule has 0 radical (unpaired) electrons. The van der Waals surface area contributed by atoms with E-state index in [0.29, 0.717) is 22.0 Å². The zero-order valence-electron chi connectivity index (χ0n) is 15.3. The van der Waals surface area contributed by atoms with E-state index in [-0.39, 0.29) is 6.04 Å². The maximum absolute atomic E-state index is 13.9. The molecule has 0 saturated carbocycles.